The van der Waals surface area contributed by atoms with Crippen LogP contribution in [-0.2, 0) is 0 Å². The first-order valence-corrected chi connectivity index (χ1v) is 10.9. The Morgan fingerprint density at radius 2 is 2.07 bits per heavy atom. The van der Waals surface area contributed by atoms with E-state index in [0.717, 1.165) is 37.1 Å². The predicted molar refractivity (Wildman–Crippen MR) is 115 cm³/mol. The number of rotatable bonds is 4. The second-order valence-corrected chi connectivity index (χ2v) is 9.04. The van der Waals surface area contributed by atoms with Crippen LogP contribution in [0.2, 0.25) is 0 Å². The van der Waals surface area contributed by atoms with Crippen molar-refractivity contribution >= 4 is 27.6 Å². The Morgan fingerprint density at radius 1 is 1.31 bits per heavy atom. The second kappa shape index (κ2) is 7.88. The van der Waals surface area contributed by atoms with Crippen molar-refractivity contribution in [3.8, 4) is 0 Å². The molecule has 2 aliphatic heterocycles. The summed E-state index contributed by atoms with van der Waals surface area (Å²) in [7, 11) is 0. The lowest BCUT2D eigenvalue weighted by atomic mass is 9.87. The number of aromatic nitrogens is 1. The zero-order chi connectivity index (χ0) is 20.6. The van der Waals surface area contributed by atoms with E-state index in [2.05, 4.69) is 40.3 Å². The van der Waals surface area contributed by atoms with Gasteiger partial charge in [-0.05, 0) is 63.5 Å². The van der Waals surface area contributed by atoms with E-state index >= 15 is 0 Å². The highest BCUT2D eigenvalue weighted by molar-refractivity contribution is 7.16. The minimum Gasteiger partial charge on any atom is -0.330 e. The van der Waals surface area contributed by atoms with Crippen molar-refractivity contribution in [2.45, 2.75) is 45.2 Å². The number of thiazole rings is 1. The molecule has 1 aromatic carbocycles. The standard InChI is InChI=1S/C22H27FN4OS/c1-15(23)4-5-16(2)27-13-22(25-21(27)28)8-10-26(11-9-22)17(3)18-6-7-20-19(12-18)24-14-29-20/h4-7,12,14,17H,8-11,13H2,1-3H3,(H,25,28)/b15-4+,16-5+. The van der Waals surface area contributed by atoms with E-state index in [1.165, 1.54) is 23.3 Å². The largest absolute Gasteiger partial charge is 0.330 e. The topological polar surface area (TPSA) is 48.5 Å². The number of carbonyl (C=O) groups is 1. The van der Waals surface area contributed by atoms with Crippen molar-refractivity contribution in [3.05, 3.63) is 52.9 Å². The third-order valence-electron chi connectivity index (χ3n) is 6.20. The monoisotopic (exact) mass is 414 g/mol. The number of carbonyl (C=O) groups excluding carboxylic acids is 1. The summed E-state index contributed by atoms with van der Waals surface area (Å²) in [6, 6.07) is 6.77. The van der Waals surface area contributed by atoms with Crippen molar-refractivity contribution in [3.63, 3.8) is 0 Å². The molecule has 29 heavy (non-hydrogen) atoms. The van der Waals surface area contributed by atoms with Gasteiger partial charge in [0.25, 0.3) is 0 Å². The van der Waals surface area contributed by atoms with E-state index in [9.17, 15) is 9.18 Å². The molecule has 4 rings (SSSR count). The van der Waals surface area contributed by atoms with Gasteiger partial charge in [-0.15, -0.1) is 11.3 Å². The lowest BCUT2D eigenvalue weighted by Crippen LogP contribution is -2.52. The van der Waals surface area contributed by atoms with Crippen LogP contribution >= 0.6 is 11.3 Å². The molecule has 1 N–H and O–H groups in total. The molecule has 0 radical (unpaired) electrons. The molecule has 2 saturated heterocycles. The molecule has 154 valence electrons. The Kier molecular flexibility index (Phi) is 5.44. The second-order valence-electron chi connectivity index (χ2n) is 8.15. The van der Waals surface area contributed by atoms with Gasteiger partial charge < -0.3 is 5.32 Å². The number of urea groups is 1. The average molecular weight is 415 g/mol. The average Bonchev–Trinajstić information content (AvgIpc) is 3.30. The summed E-state index contributed by atoms with van der Waals surface area (Å²) in [5, 5.41) is 3.20. The van der Waals surface area contributed by atoms with Gasteiger partial charge >= 0.3 is 6.03 Å². The van der Waals surface area contributed by atoms with Crippen molar-refractivity contribution in [1.82, 2.24) is 20.1 Å². The molecule has 2 amide bonds. The molecular formula is C22H27FN4OS. The lowest BCUT2D eigenvalue weighted by Gasteiger charge is -2.41. The number of piperidine rings is 1. The Balaban J connectivity index is 1.41. The van der Waals surface area contributed by atoms with E-state index in [-0.39, 0.29) is 17.4 Å². The Labute approximate surface area is 174 Å². The number of allylic oxidation sites excluding steroid dienone is 4. The van der Waals surface area contributed by atoms with Gasteiger partial charge in [0.15, 0.2) is 0 Å². The first kappa shape index (κ1) is 20.0. The first-order valence-electron chi connectivity index (χ1n) is 10.0. The summed E-state index contributed by atoms with van der Waals surface area (Å²) in [6.45, 7) is 7.99. The highest BCUT2D eigenvalue weighted by Crippen LogP contribution is 2.34. The third kappa shape index (κ3) is 4.07. The number of amides is 2. The highest BCUT2D eigenvalue weighted by atomic mass is 32.1. The fourth-order valence-corrected chi connectivity index (χ4v) is 4.95. The molecule has 0 aliphatic carbocycles. The molecule has 5 nitrogen and oxygen atoms in total. The number of likely N-dealkylation sites (tertiary alicyclic amines) is 1. The van der Waals surface area contributed by atoms with E-state index < -0.39 is 0 Å². The van der Waals surface area contributed by atoms with Gasteiger partial charge in [0.2, 0.25) is 0 Å². The van der Waals surface area contributed by atoms with Crippen LogP contribution in [0.1, 0.15) is 45.2 Å². The Bertz CT molecular complexity index is 970. The van der Waals surface area contributed by atoms with Gasteiger partial charge in [0.05, 0.1) is 33.6 Å². The van der Waals surface area contributed by atoms with Crippen LogP contribution in [0.5, 0.6) is 0 Å². The van der Waals surface area contributed by atoms with Crippen molar-refractivity contribution in [2.24, 2.45) is 0 Å². The highest BCUT2D eigenvalue weighted by Gasteiger charge is 2.45. The fraction of sp³-hybridized carbons (Fsp3) is 0.455. The number of hydrogen-bond acceptors (Lipinski definition) is 4. The smallest absolute Gasteiger partial charge is 0.322 e. The molecule has 0 saturated carbocycles. The summed E-state index contributed by atoms with van der Waals surface area (Å²) < 4.78 is 14.2. The van der Waals surface area contributed by atoms with Gasteiger partial charge in [-0.25, -0.2) is 14.2 Å². The van der Waals surface area contributed by atoms with Crippen LogP contribution in [0.4, 0.5) is 9.18 Å². The number of nitrogens with one attached hydrogen (secondary N) is 1. The molecule has 2 aromatic rings. The van der Waals surface area contributed by atoms with Crippen LogP contribution < -0.4 is 5.32 Å². The Hall–Kier alpha value is -2.25. The van der Waals surface area contributed by atoms with Gasteiger partial charge in [-0.2, -0.15) is 0 Å². The van der Waals surface area contributed by atoms with Crippen LogP contribution in [0.3, 0.4) is 0 Å². The van der Waals surface area contributed by atoms with E-state index in [4.69, 9.17) is 0 Å². The lowest BCUT2D eigenvalue weighted by molar-refractivity contribution is 0.117. The van der Waals surface area contributed by atoms with Crippen molar-refractivity contribution in [2.75, 3.05) is 19.6 Å². The van der Waals surface area contributed by atoms with Gasteiger partial charge in [-0.3, -0.25) is 9.80 Å². The van der Waals surface area contributed by atoms with Crippen molar-refractivity contribution in [1.29, 1.82) is 0 Å². The van der Waals surface area contributed by atoms with Gasteiger partial charge in [0.1, 0.15) is 0 Å². The van der Waals surface area contributed by atoms with E-state index in [1.54, 1.807) is 22.3 Å². The number of benzene rings is 1. The minimum absolute atomic E-state index is 0.0841. The van der Waals surface area contributed by atoms with Gasteiger partial charge in [0, 0.05) is 24.8 Å². The van der Waals surface area contributed by atoms with Crippen LogP contribution in [0, 0.1) is 0 Å². The zero-order valence-corrected chi connectivity index (χ0v) is 17.9. The SMILES string of the molecule is C/C(F)=C\C=C(/C)N1CC2(CCN(C(C)c3ccc4scnc4c3)CC2)NC1=O. The fourth-order valence-electron chi connectivity index (χ4n) is 4.29. The van der Waals surface area contributed by atoms with Gasteiger partial charge in [-0.1, -0.05) is 6.07 Å². The maximum atomic E-state index is 13.0. The summed E-state index contributed by atoms with van der Waals surface area (Å²) in [5.74, 6) is -0.267. The molecule has 2 fully saturated rings. The minimum atomic E-state index is -0.267. The number of halogens is 1. The molecule has 7 heteroatoms. The normalized spacial score (nSPS) is 21.8. The quantitative estimate of drug-likeness (QED) is 0.717. The van der Waals surface area contributed by atoms with Crippen LogP contribution in [-0.4, -0.2) is 46.0 Å². The molecule has 1 spiro atoms. The molecule has 1 atom stereocenters. The van der Waals surface area contributed by atoms with E-state index in [1.807, 2.05) is 12.4 Å². The number of fused-ring (bicyclic) bond motifs is 1. The van der Waals surface area contributed by atoms with Crippen molar-refractivity contribution < 1.29 is 9.18 Å². The van der Waals surface area contributed by atoms with Crippen LogP contribution in [0.25, 0.3) is 10.2 Å². The number of nitrogens with zero attached hydrogens (tertiary/aromatic N) is 3. The molecule has 1 aromatic heterocycles. The summed E-state index contributed by atoms with van der Waals surface area (Å²) in [4.78, 5) is 21.2. The first-order chi connectivity index (χ1) is 13.9. The molecule has 2 aliphatic rings. The summed E-state index contributed by atoms with van der Waals surface area (Å²) >= 11 is 1.67. The molecular weight excluding hydrogens is 387 g/mol. The predicted octanol–water partition coefficient (Wildman–Crippen LogP) is 4.99. The maximum Gasteiger partial charge on any atom is 0.322 e. The third-order valence-corrected chi connectivity index (χ3v) is 7.01. The Morgan fingerprint density at radius 3 is 2.79 bits per heavy atom. The summed E-state index contributed by atoms with van der Waals surface area (Å²) in [5.41, 5.74) is 4.80. The molecule has 3 heterocycles. The zero-order valence-electron chi connectivity index (χ0n) is 17.1. The maximum absolute atomic E-state index is 13.0. The molecule has 1 unspecified atom stereocenters. The van der Waals surface area contributed by atoms with E-state index in [0.29, 0.717) is 12.6 Å². The number of hydrogen-bond donors (Lipinski definition) is 1. The summed E-state index contributed by atoms with van der Waals surface area (Å²) in [6.07, 6.45) is 4.88. The van der Waals surface area contributed by atoms with Crippen LogP contribution in [0.15, 0.2) is 47.4 Å². The molecule has 0 bridgehead atoms.